The van der Waals surface area contributed by atoms with Crippen molar-refractivity contribution in [3.63, 3.8) is 0 Å². The predicted octanol–water partition coefficient (Wildman–Crippen LogP) is 3.92. The normalized spacial score (nSPS) is 9.29. The molecule has 0 saturated heterocycles. The third kappa shape index (κ3) is 10.4. The lowest BCUT2D eigenvalue weighted by atomic mass is 10.2. The van der Waals surface area contributed by atoms with Crippen LogP contribution >= 0.6 is 0 Å². The summed E-state index contributed by atoms with van der Waals surface area (Å²) in [4.78, 5) is 22.4. The summed E-state index contributed by atoms with van der Waals surface area (Å²) in [6.07, 6.45) is 4.09. The van der Waals surface area contributed by atoms with Crippen molar-refractivity contribution in [2.24, 2.45) is 0 Å². The van der Waals surface area contributed by atoms with Crippen LogP contribution in [0, 0.1) is 0 Å². The zero-order chi connectivity index (χ0) is 18.2. The second kappa shape index (κ2) is 14.3. The number of ether oxygens (including phenoxy) is 3. The fourth-order valence-electron chi connectivity index (χ4n) is 1.64. The number of esters is 2. The van der Waals surface area contributed by atoms with Crippen molar-refractivity contribution in [3.8, 4) is 5.75 Å². The molecule has 0 unspecified atom stereocenters. The molecule has 0 aliphatic carbocycles. The Morgan fingerprint density at radius 1 is 0.958 bits per heavy atom. The molecule has 0 N–H and O–H groups in total. The number of para-hydroxylation sites is 1. The SMILES string of the molecule is C=C(C(=O)OCC)C(=O)OCCCCCC.COc1ccccc1. The van der Waals surface area contributed by atoms with Crippen LogP contribution in [-0.4, -0.2) is 32.3 Å². The molecule has 0 aliphatic rings. The van der Waals surface area contributed by atoms with Crippen LogP contribution in [0.3, 0.4) is 0 Å². The lowest BCUT2D eigenvalue weighted by Crippen LogP contribution is -2.17. The van der Waals surface area contributed by atoms with E-state index in [2.05, 4.69) is 18.2 Å². The molecule has 1 aromatic rings. The maximum absolute atomic E-state index is 11.3. The molecule has 0 amide bonds. The Bertz CT molecular complexity index is 482. The number of unbranched alkanes of at least 4 members (excludes halogenated alkanes) is 3. The molecular formula is C19H28O5. The summed E-state index contributed by atoms with van der Waals surface area (Å²) in [5.41, 5.74) is -0.239. The Morgan fingerprint density at radius 2 is 1.58 bits per heavy atom. The second-order valence-corrected chi connectivity index (χ2v) is 4.91. The van der Waals surface area contributed by atoms with Gasteiger partial charge in [0, 0.05) is 0 Å². The van der Waals surface area contributed by atoms with E-state index >= 15 is 0 Å². The monoisotopic (exact) mass is 336 g/mol. The Kier molecular flexibility index (Phi) is 12.9. The maximum atomic E-state index is 11.3. The highest BCUT2D eigenvalue weighted by atomic mass is 16.6. The first-order chi connectivity index (χ1) is 11.6. The Hall–Kier alpha value is -2.30. The van der Waals surface area contributed by atoms with Gasteiger partial charge in [0.05, 0.1) is 20.3 Å². The number of hydrogen-bond acceptors (Lipinski definition) is 5. The summed E-state index contributed by atoms with van der Waals surface area (Å²) >= 11 is 0. The molecular weight excluding hydrogens is 308 g/mol. The van der Waals surface area contributed by atoms with Gasteiger partial charge in [-0.05, 0) is 25.5 Å². The molecule has 0 spiro atoms. The van der Waals surface area contributed by atoms with Crippen molar-refractivity contribution in [3.05, 3.63) is 42.5 Å². The van der Waals surface area contributed by atoms with Crippen LogP contribution in [0.2, 0.25) is 0 Å². The average Bonchev–Trinajstić information content (AvgIpc) is 2.62. The molecule has 1 aromatic carbocycles. The molecule has 0 atom stereocenters. The van der Waals surface area contributed by atoms with Crippen molar-refractivity contribution < 1.29 is 23.8 Å². The molecule has 134 valence electrons. The number of carbonyl (C=O) groups excluding carboxylic acids is 2. The molecule has 24 heavy (non-hydrogen) atoms. The third-order valence-electron chi connectivity index (χ3n) is 2.98. The summed E-state index contributed by atoms with van der Waals surface area (Å²) in [6.45, 7) is 7.67. The summed E-state index contributed by atoms with van der Waals surface area (Å²) in [6, 6.07) is 9.68. The molecule has 0 fully saturated rings. The van der Waals surface area contributed by atoms with Gasteiger partial charge in [-0.2, -0.15) is 0 Å². The van der Waals surface area contributed by atoms with Crippen molar-refractivity contribution >= 4 is 11.9 Å². The molecule has 0 bridgehead atoms. The second-order valence-electron chi connectivity index (χ2n) is 4.91. The van der Waals surface area contributed by atoms with Crippen molar-refractivity contribution in [1.29, 1.82) is 0 Å². The molecule has 0 aromatic heterocycles. The summed E-state index contributed by atoms with van der Waals surface area (Å²) in [5.74, 6) is -0.483. The number of hydrogen-bond donors (Lipinski definition) is 0. The van der Waals surface area contributed by atoms with Crippen LogP contribution in [0.4, 0.5) is 0 Å². The molecule has 0 heterocycles. The average molecular weight is 336 g/mol. The third-order valence-corrected chi connectivity index (χ3v) is 2.98. The number of benzene rings is 1. The van der Waals surface area contributed by atoms with E-state index in [1.165, 1.54) is 0 Å². The zero-order valence-electron chi connectivity index (χ0n) is 14.9. The van der Waals surface area contributed by atoms with Crippen LogP contribution in [0.25, 0.3) is 0 Å². The van der Waals surface area contributed by atoms with E-state index in [1.54, 1.807) is 14.0 Å². The van der Waals surface area contributed by atoms with Crippen LogP contribution < -0.4 is 4.74 Å². The fourth-order valence-corrected chi connectivity index (χ4v) is 1.64. The van der Waals surface area contributed by atoms with Crippen LogP contribution in [-0.2, 0) is 19.1 Å². The van der Waals surface area contributed by atoms with Gasteiger partial charge in [-0.15, -0.1) is 0 Å². The van der Waals surface area contributed by atoms with Crippen molar-refractivity contribution in [2.45, 2.75) is 39.5 Å². The predicted molar refractivity (Wildman–Crippen MR) is 93.9 cm³/mol. The smallest absolute Gasteiger partial charge is 0.344 e. The summed E-state index contributed by atoms with van der Waals surface area (Å²) in [7, 11) is 1.66. The lowest BCUT2D eigenvalue weighted by molar-refractivity contribution is -0.146. The molecule has 5 nitrogen and oxygen atoms in total. The molecule has 0 saturated carbocycles. The first-order valence-corrected chi connectivity index (χ1v) is 8.18. The maximum Gasteiger partial charge on any atom is 0.344 e. The van der Waals surface area contributed by atoms with E-state index in [1.807, 2.05) is 30.3 Å². The van der Waals surface area contributed by atoms with E-state index in [9.17, 15) is 9.59 Å². The van der Waals surface area contributed by atoms with Gasteiger partial charge in [-0.25, -0.2) is 9.59 Å². The Balaban J connectivity index is 0.000000546. The van der Waals surface area contributed by atoms with E-state index < -0.39 is 11.9 Å². The molecule has 5 heteroatoms. The van der Waals surface area contributed by atoms with Gasteiger partial charge in [-0.1, -0.05) is 51.0 Å². The fraction of sp³-hybridized carbons (Fsp3) is 0.474. The van der Waals surface area contributed by atoms with E-state index in [0.29, 0.717) is 6.61 Å². The highest BCUT2D eigenvalue weighted by Gasteiger charge is 2.17. The topological polar surface area (TPSA) is 61.8 Å². The largest absolute Gasteiger partial charge is 0.497 e. The van der Waals surface area contributed by atoms with Gasteiger partial charge >= 0.3 is 11.9 Å². The number of methoxy groups -OCH3 is 1. The Labute approximate surface area is 144 Å². The zero-order valence-corrected chi connectivity index (χ0v) is 14.9. The summed E-state index contributed by atoms with van der Waals surface area (Å²) < 4.78 is 14.4. The van der Waals surface area contributed by atoms with Gasteiger partial charge in [0.25, 0.3) is 0 Å². The van der Waals surface area contributed by atoms with Crippen LogP contribution in [0.15, 0.2) is 42.5 Å². The first kappa shape index (κ1) is 21.7. The highest BCUT2D eigenvalue weighted by Crippen LogP contribution is 2.05. The highest BCUT2D eigenvalue weighted by molar-refractivity contribution is 6.13. The minimum absolute atomic E-state index is 0.224. The van der Waals surface area contributed by atoms with Gasteiger partial charge < -0.3 is 14.2 Å². The van der Waals surface area contributed by atoms with Crippen LogP contribution in [0.1, 0.15) is 39.5 Å². The van der Waals surface area contributed by atoms with Crippen LogP contribution in [0.5, 0.6) is 5.75 Å². The van der Waals surface area contributed by atoms with Gasteiger partial charge in [0.2, 0.25) is 0 Å². The van der Waals surface area contributed by atoms with Gasteiger partial charge in [0.1, 0.15) is 11.3 Å². The van der Waals surface area contributed by atoms with Gasteiger partial charge in [-0.3, -0.25) is 0 Å². The van der Waals surface area contributed by atoms with Crippen molar-refractivity contribution in [1.82, 2.24) is 0 Å². The standard InChI is InChI=1S/C12H20O4.C7H8O/c1-4-6-7-8-9-16-12(14)10(3)11(13)15-5-2;1-8-7-5-3-2-4-6-7/h3-9H2,1-2H3;2-6H,1H3. The summed E-state index contributed by atoms with van der Waals surface area (Å²) in [5, 5.41) is 0. The quantitative estimate of drug-likeness (QED) is 0.225. The van der Waals surface area contributed by atoms with E-state index in [0.717, 1.165) is 31.4 Å². The van der Waals surface area contributed by atoms with Crippen molar-refractivity contribution in [2.75, 3.05) is 20.3 Å². The number of carbonyl (C=O) groups is 2. The lowest BCUT2D eigenvalue weighted by Gasteiger charge is -2.06. The van der Waals surface area contributed by atoms with E-state index in [4.69, 9.17) is 9.47 Å². The minimum atomic E-state index is -0.707. The molecule has 1 rings (SSSR count). The van der Waals surface area contributed by atoms with Gasteiger partial charge in [0.15, 0.2) is 0 Å². The Morgan fingerprint density at radius 3 is 2.08 bits per heavy atom. The molecule has 0 aliphatic heterocycles. The number of rotatable bonds is 9. The first-order valence-electron chi connectivity index (χ1n) is 8.18. The molecule has 0 radical (unpaired) electrons. The minimum Gasteiger partial charge on any atom is -0.497 e. The van der Waals surface area contributed by atoms with E-state index in [-0.39, 0.29) is 12.2 Å².